The maximum atomic E-state index is 13.3. The number of nitrogens with two attached hydrogens (primary N) is 2. The lowest BCUT2D eigenvalue weighted by molar-refractivity contribution is -0.131. The van der Waals surface area contributed by atoms with Crippen LogP contribution in [0.2, 0.25) is 0 Å². The van der Waals surface area contributed by atoms with Crippen LogP contribution in [0.4, 0.5) is 4.39 Å². The predicted molar refractivity (Wildman–Crippen MR) is 54.5 cm³/mol. The monoisotopic (exact) mass is 228 g/mol. The summed E-state index contributed by atoms with van der Waals surface area (Å²) in [5.74, 6) is -1.67. The average molecular weight is 228 g/mol. The zero-order chi connectivity index (χ0) is 12.3. The normalized spacial score (nSPS) is 14.5. The van der Waals surface area contributed by atoms with E-state index in [1.807, 2.05) is 0 Å². The SMILES string of the molecule is NCc1ccc(C(O)C(O)C(N)=O)cc1F. The minimum absolute atomic E-state index is 0.0284. The summed E-state index contributed by atoms with van der Waals surface area (Å²) in [6.07, 6.45) is -3.30. The van der Waals surface area contributed by atoms with E-state index in [0.29, 0.717) is 0 Å². The third-order valence-electron chi connectivity index (χ3n) is 2.23. The van der Waals surface area contributed by atoms with E-state index in [4.69, 9.17) is 11.5 Å². The van der Waals surface area contributed by atoms with E-state index >= 15 is 0 Å². The molecule has 0 aliphatic heterocycles. The van der Waals surface area contributed by atoms with Crippen molar-refractivity contribution in [3.05, 3.63) is 35.1 Å². The Kier molecular flexibility index (Phi) is 3.94. The van der Waals surface area contributed by atoms with Crippen molar-refractivity contribution in [3.8, 4) is 0 Å². The largest absolute Gasteiger partial charge is 0.385 e. The van der Waals surface area contributed by atoms with Crippen LogP contribution in [-0.2, 0) is 11.3 Å². The van der Waals surface area contributed by atoms with Gasteiger partial charge in [0, 0.05) is 12.1 Å². The highest BCUT2D eigenvalue weighted by Gasteiger charge is 2.23. The van der Waals surface area contributed by atoms with E-state index in [-0.39, 0.29) is 17.7 Å². The number of benzene rings is 1. The van der Waals surface area contributed by atoms with Gasteiger partial charge in [0.1, 0.15) is 11.9 Å². The number of hydrogen-bond acceptors (Lipinski definition) is 4. The van der Waals surface area contributed by atoms with Gasteiger partial charge in [-0.15, -0.1) is 0 Å². The second-order valence-electron chi connectivity index (χ2n) is 3.35. The smallest absolute Gasteiger partial charge is 0.249 e. The number of aliphatic hydroxyl groups is 2. The first-order valence-electron chi connectivity index (χ1n) is 4.61. The van der Waals surface area contributed by atoms with Crippen molar-refractivity contribution in [1.82, 2.24) is 0 Å². The summed E-state index contributed by atoms with van der Waals surface area (Å²) in [5, 5.41) is 18.7. The van der Waals surface area contributed by atoms with Crippen LogP contribution in [0.25, 0.3) is 0 Å². The van der Waals surface area contributed by atoms with Crippen molar-refractivity contribution < 1.29 is 19.4 Å². The van der Waals surface area contributed by atoms with Crippen LogP contribution < -0.4 is 11.5 Å². The topological polar surface area (TPSA) is 110 Å². The maximum absolute atomic E-state index is 13.3. The van der Waals surface area contributed by atoms with E-state index in [9.17, 15) is 19.4 Å². The highest BCUT2D eigenvalue weighted by Crippen LogP contribution is 2.19. The fourth-order valence-corrected chi connectivity index (χ4v) is 1.25. The molecule has 5 nitrogen and oxygen atoms in total. The zero-order valence-electron chi connectivity index (χ0n) is 8.43. The number of carbonyl (C=O) groups excluding carboxylic acids is 1. The molecule has 2 atom stereocenters. The number of halogens is 1. The number of carbonyl (C=O) groups is 1. The van der Waals surface area contributed by atoms with Gasteiger partial charge in [-0.2, -0.15) is 0 Å². The Balaban J connectivity index is 2.97. The first-order valence-corrected chi connectivity index (χ1v) is 4.61. The number of hydrogen-bond donors (Lipinski definition) is 4. The zero-order valence-corrected chi connectivity index (χ0v) is 8.43. The van der Waals surface area contributed by atoms with E-state index in [2.05, 4.69) is 0 Å². The maximum Gasteiger partial charge on any atom is 0.249 e. The minimum atomic E-state index is -1.76. The van der Waals surface area contributed by atoms with Crippen LogP contribution in [0.1, 0.15) is 17.2 Å². The Labute approximate surface area is 91.5 Å². The Hall–Kier alpha value is -1.50. The second-order valence-corrected chi connectivity index (χ2v) is 3.35. The van der Waals surface area contributed by atoms with Crippen molar-refractivity contribution in [1.29, 1.82) is 0 Å². The van der Waals surface area contributed by atoms with Crippen LogP contribution in [0, 0.1) is 5.82 Å². The molecule has 2 unspecified atom stereocenters. The molecule has 0 heterocycles. The van der Waals surface area contributed by atoms with Crippen LogP contribution in [0.5, 0.6) is 0 Å². The summed E-state index contributed by atoms with van der Waals surface area (Å²) in [4.78, 5) is 10.6. The molecule has 0 saturated carbocycles. The van der Waals surface area contributed by atoms with E-state index in [1.165, 1.54) is 12.1 Å². The second kappa shape index (κ2) is 5.02. The molecule has 0 aliphatic carbocycles. The molecule has 0 fully saturated rings. The summed E-state index contributed by atoms with van der Waals surface area (Å²) in [5.41, 5.74) is 10.4. The number of primary amides is 1. The molecule has 0 radical (unpaired) electrons. The molecule has 1 amide bonds. The van der Waals surface area contributed by atoms with Crippen molar-refractivity contribution >= 4 is 5.91 Å². The van der Waals surface area contributed by atoms with E-state index in [1.54, 1.807) is 0 Å². The first-order chi connectivity index (χ1) is 7.47. The van der Waals surface area contributed by atoms with Gasteiger partial charge in [0.2, 0.25) is 5.91 Å². The van der Waals surface area contributed by atoms with Gasteiger partial charge >= 0.3 is 0 Å². The third kappa shape index (κ3) is 2.54. The number of amides is 1. The lowest BCUT2D eigenvalue weighted by Gasteiger charge is -2.15. The highest BCUT2D eigenvalue weighted by molar-refractivity contribution is 5.79. The molecule has 1 aromatic carbocycles. The summed E-state index contributed by atoms with van der Waals surface area (Å²) >= 11 is 0. The number of aliphatic hydroxyl groups excluding tert-OH is 2. The predicted octanol–water partition coefficient (Wildman–Crippen LogP) is -0.836. The van der Waals surface area contributed by atoms with Gasteiger partial charge in [0.15, 0.2) is 6.10 Å². The van der Waals surface area contributed by atoms with Crippen molar-refractivity contribution in [2.45, 2.75) is 18.8 Å². The summed E-state index contributed by atoms with van der Waals surface area (Å²) in [6, 6.07) is 3.77. The number of rotatable bonds is 4. The van der Waals surface area contributed by atoms with Crippen molar-refractivity contribution in [2.75, 3.05) is 0 Å². The van der Waals surface area contributed by atoms with Gasteiger partial charge in [-0.25, -0.2) is 4.39 Å². The minimum Gasteiger partial charge on any atom is -0.385 e. The molecule has 6 N–H and O–H groups in total. The van der Waals surface area contributed by atoms with Gasteiger partial charge in [-0.05, 0) is 11.6 Å². The summed E-state index contributed by atoms with van der Waals surface area (Å²) in [6.45, 7) is 0.0284. The van der Waals surface area contributed by atoms with Gasteiger partial charge in [-0.1, -0.05) is 12.1 Å². The average Bonchev–Trinajstić information content (AvgIpc) is 2.26. The lowest BCUT2D eigenvalue weighted by Crippen LogP contribution is -2.33. The molecule has 6 heteroatoms. The fraction of sp³-hybridized carbons (Fsp3) is 0.300. The van der Waals surface area contributed by atoms with E-state index in [0.717, 1.165) is 6.07 Å². The molecule has 0 aromatic heterocycles. The quantitative estimate of drug-likeness (QED) is 0.538. The standard InChI is InChI=1S/C10H13FN2O3/c11-7-3-5(1-2-6(7)4-12)8(14)9(15)10(13)16/h1-3,8-9,14-15H,4,12H2,(H2,13,16). The third-order valence-corrected chi connectivity index (χ3v) is 2.23. The Morgan fingerprint density at radius 1 is 1.44 bits per heavy atom. The van der Waals surface area contributed by atoms with Gasteiger partial charge < -0.3 is 21.7 Å². The summed E-state index contributed by atoms with van der Waals surface area (Å²) in [7, 11) is 0. The molecule has 16 heavy (non-hydrogen) atoms. The summed E-state index contributed by atoms with van der Waals surface area (Å²) < 4.78 is 13.3. The molecule has 88 valence electrons. The van der Waals surface area contributed by atoms with Gasteiger partial charge in [-0.3, -0.25) is 4.79 Å². The van der Waals surface area contributed by atoms with Crippen molar-refractivity contribution in [2.24, 2.45) is 11.5 Å². The van der Waals surface area contributed by atoms with Crippen LogP contribution in [0.15, 0.2) is 18.2 Å². The van der Waals surface area contributed by atoms with Crippen LogP contribution in [0.3, 0.4) is 0 Å². The van der Waals surface area contributed by atoms with Gasteiger partial charge in [0.05, 0.1) is 0 Å². The molecular formula is C10H13FN2O3. The molecule has 1 rings (SSSR count). The van der Waals surface area contributed by atoms with Gasteiger partial charge in [0.25, 0.3) is 0 Å². The molecule has 0 spiro atoms. The Morgan fingerprint density at radius 2 is 2.06 bits per heavy atom. The van der Waals surface area contributed by atoms with Crippen LogP contribution >= 0.6 is 0 Å². The van der Waals surface area contributed by atoms with E-state index < -0.39 is 23.9 Å². The van der Waals surface area contributed by atoms with Crippen molar-refractivity contribution in [3.63, 3.8) is 0 Å². The molecule has 0 aliphatic rings. The highest BCUT2D eigenvalue weighted by atomic mass is 19.1. The lowest BCUT2D eigenvalue weighted by atomic mass is 10.0. The molecule has 1 aromatic rings. The molecule has 0 saturated heterocycles. The first kappa shape index (κ1) is 12.6. The Morgan fingerprint density at radius 3 is 2.50 bits per heavy atom. The fourth-order valence-electron chi connectivity index (χ4n) is 1.25. The van der Waals surface area contributed by atoms with Crippen LogP contribution in [-0.4, -0.2) is 22.2 Å². The Bertz CT molecular complexity index is 398. The molecule has 0 bridgehead atoms. The molecular weight excluding hydrogens is 215 g/mol.